The third kappa shape index (κ3) is 4.85. The van der Waals surface area contributed by atoms with Gasteiger partial charge < -0.3 is 19.5 Å². The van der Waals surface area contributed by atoms with E-state index in [0.29, 0.717) is 37.3 Å². The summed E-state index contributed by atoms with van der Waals surface area (Å²) in [6, 6.07) is 8.31. The van der Waals surface area contributed by atoms with Crippen LogP contribution in [0.1, 0.15) is 40.1 Å². The number of hydrogen-bond donors (Lipinski definition) is 1. The SMILES string of the molecule is Cc1cccc(C(=O)NC(C(=O)N2CCN(C(=O)c3ccoc3)CC2)C(C)C)c1. The minimum Gasteiger partial charge on any atom is -0.472 e. The van der Waals surface area contributed by atoms with Crippen LogP contribution >= 0.6 is 0 Å². The van der Waals surface area contributed by atoms with Crippen LogP contribution in [-0.4, -0.2) is 59.7 Å². The van der Waals surface area contributed by atoms with Gasteiger partial charge in [-0.2, -0.15) is 0 Å². The van der Waals surface area contributed by atoms with Crippen molar-refractivity contribution in [1.29, 1.82) is 0 Å². The number of nitrogens with zero attached hydrogens (tertiary/aromatic N) is 2. The van der Waals surface area contributed by atoms with E-state index < -0.39 is 6.04 Å². The normalized spacial score (nSPS) is 15.3. The molecule has 0 bridgehead atoms. The second-order valence-electron chi connectivity index (χ2n) is 7.69. The molecule has 1 saturated heterocycles. The van der Waals surface area contributed by atoms with Crippen LogP contribution in [0.3, 0.4) is 0 Å². The minimum absolute atomic E-state index is 0.0538. The monoisotopic (exact) mass is 397 g/mol. The summed E-state index contributed by atoms with van der Waals surface area (Å²) in [6.45, 7) is 7.53. The molecule has 1 N–H and O–H groups in total. The van der Waals surface area contributed by atoms with Gasteiger partial charge in [-0.1, -0.05) is 31.5 Å². The number of nitrogens with one attached hydrogen (secondary N) is 1. The molecule has 1 aliphatic rings. The molecule has 1 aromatic carbocycles. The maximum atomic E-state index is 13.1. The smallest absolute Gasteiger partial charge is 0.257 e. The van der Waals surface area contributed by atoms with E-state index in [4.69, 9.17) is 4.42 Å². The van der Waals surface area contributed by atoms with Crippen LogP contribution < -0.4 is 5.32 Å². The summed E-state index contributed by atoms with van der Waals surface area (Å²) in [5.74, 6) is -0.521. The summed E-state index contributed by atoms with van der Waals surface area (Å²) >= 11 is 0. The van der Waals surface area contributed by atoms with Crippen molar-refractivity contribution in [2.45, 2.75) is 26.8 Å². The number of carbonyl (C=O) groups excluding carboxylic acids is 3. The second-order valence-corrected chi connectivity index (χ2v) is 7.69. The largest absolute Gasteiger partial charge is 0.472 e. The first-order chi connectivity index (χ1) is 13.9. The van der Waals surface area contributed by atoms with Gasteiger partial charge in [0.05, 0.1) is 11.8 Å². The second kappa shape index (κ2) is 8.94. The van der Waals surface area contributed by atoms with Gasteiger partial charge in [-0.25, -0.2) is 0 Å². The van der Waals surface area contributed by atoms with E-state index in [0.717, 1.165) is 5.56 Å². The third-order valence-corrected chi connectivity index (χ3v) is 5.15. The van der Waals surface area contributed by atoms with Crippen LogP contribution in [-0.2, 0) is 4.79 Å². The van der Waals surface area contributed by atoms with Crippen LogP contribution in [0.2, 0.25) is 0 Å². The molecule has 1 atom stereocenters. The summed E-state index contributed by atoms with van der Waals surface area (Å²) in [7, 11) is 0. The fourth-order valence-corrected chi connectivity index (χ4v) is 3.42. The summed E-state index contributed by atoms with van der Waals surface area (Å²) in [6.07, 6.45) is 2.90. The van der Waals surface area contributed by atoms with Gasteiger partial charge in [0.25, 0.3) is 11.8 Å². The van der Waals surface area contributed by atoms with Gasteiger partial charge in [0.2, 0.25) is 5.91 Å². The number of piperazine rings is 1. The van der Waals surface area contributed by atoms with E-state index >= 15 is 0 Å². The first-order valence-corrected chi connectivity index (χ1v) is 9.84. The zero-order chi connectivity index (χ0) is 21.0. The summed E-state index contributed by atoms with van der Waals surface area (Å²) in [5.41, 5.74) is 2.04. The molecule has 29 heavy (non-hydrogen) atoms. The number of furan rings is 1. The molecule has 1 unspecified atom stereocenters. The lowest BCUT2D eigenvalue weighted by molar-refractivity contribution is -0.135. The third-order valence-electron chi connectivity index (χ3n) is 5.15. The summed E-state index contributed by atoms with van der Waals surface area (Å²) in [4.78, 5) is 41.5. The van der Waals surface area contributed by atoms with Crippen molar-refractivity contribution in [3.05, 3.63) is 59.5 Å². The van der Waals surface area contributed by atoms with Crippen LogP contribution in [0.15, 0.2) is 47.3 Å². The topological polar surface area (TPSA) is 82.9 Å². The fraction of sp³-hybridized carbons (Fsp3) is 0.409. The lowest BCUT2D eigenvalue weighted by Crippen LogP contribution is -2.57. The molecule has 7 nitrogen and oxygen atoms in total. The van der Waals surface area contributed by atoms with Crippen molar-refractivity contribution in [2.24, 2.45) is 5.92 Å². The molecule has 0 spiro atoms. The van der Waals surface area contributed by atoms with Crippen molar-refractivity contribution < 1.29 is 18.8 Å². The predicted molar refractivity (Wildman–Crippen MR) is 108 cm³/mol. The van der Waals surface area contributed by atoms with Crippen molar-refractivity contribution in [3.8, 4) is 0 Å². The van der Waals surface area contributed by atoms with E-state index in [1.165, 1.54) is 12.5 Å². The van der Waals surface area contributed by atoms with E-state index in [9.17, 15) is 14.4 Å². The lowest BCUT2D eigenvalue weighted by atomic mass is 10.0. The van der Waals surface area contributed by atoms with Gasteiger partial charge >= 0.3 is 0 Å². The molecular weight excluding hydrogens is 370 g/mol. The Morgan fingerprint density at radius 1 is 1.00 bits per heavy atom. The average Bonchev–Trinajstić information content (AvgIpc) is 3.25. The van der Waals surface area contributed by atoms with Gasteiger partial charge in [-0.15, -0.1) is 0 Å². The Labute approximate surface area is 170 Å². The standard InChI is InChI=1S/C22H27N3O4/c1-15(2)19(23-20(26)17-6-4-5-16(3)13-17)22(28)25-10-8-24(9-11-25)21(27)18-7-12-29-14-18/h4-7,12-15,19H,8-11H2,1-3H3,(H,23,26). The Kier molecular flexibility index (Phi) is 6.36. The summed E-state index contributed by atoms with van der Waals surface area (Å²) < 4.78 is 4.97. The van der Waals surface area contributed by atoms with Crippen LogP contribution in [0, 0.1) is 12.8 Å². The van der Waals surface area contributed by atoms with E-state index in [-0.39, 0.29) is 23.6 Å². The van der Waals surface area contributed by atoms with Crippen molar-refractivity contribution >= 4 is 17.7 Å². The van der Waals surface area contributed by atoms with E-state index in [1.807, 2.05) is 32.9 Å². The Morgan fingerprint density at radius 3 is 2.28 bits per heavy atom. The zero-order valence-corrected chi connectivity index (χ0v) is 17.1. The highest BCUT2D eigenvalue weighted by Gasteiger charge is 2.32. The molecular formula is C22H27N3O4. The number of aryl methyl sites for hydroxylation is 1. The summed E-state index contributed by atoms with van der Waals surface area (Å²) in [5, 5.41) is 2.89. The zero-order valence-electron chi connectivity index (χ0n) is 17.1. The fourth-order valence-electron chi connectivity index (χ4n) is 3.42. The maximum Gasteiger partial charge on any atom is 0.257 e. The highest BCUT2D eigenvalue weighted by atomic mass is 16.3. The first kappa shape index (κ1) is 20.6. The number of rotatable bonds is 5. The van der Waals surface area contributed by atoms with E-state index in [2.05, 4.69) is 5.32 Å². The number of benzene rings is 1. The van der Waals surface area contributed by atoms with Crippen molar-refractivity contribution in [3.63, 3.8) is 0 Å². The van der Waals surface area contributed by atoms with Crippen LogP contribution in [0.5, 0.6) is 0 Å². The Bertz CT molecular complexity index is 868. The highest BCUT2D eigenvalue weighted by Crippen LogP contribution is 2.14. The first-order valence-electron chi connectivity index (χ1n) is 9.84. The highest BCUT2D eigenvalue weighted by molar-refractivity contribution is 5.98. The molecule has 0 saturated carbocycles. The Hall–Kier alpha value is -3.09. The van der Waals surface area contributed by atoms with Crippen LogP contribution in [0.25, 0.3) is 0 Å². The predicted octanol–water partition coefficient (Wildman–Crippen LogP) is 2.33. The lowest BCUT2D eigenvalue weighted by Gasteiger charge is -2.37. The molecule has 2 heterocycles. The maximum absolute atomic E-state index is 13.1. The Balaban J connectivity index is 1.61. The average molecular weight is 397 g/mol. The van der Waals surface area contributed by atoms with Gasteiger partial charge in [-0.05, 0) is 31.0 Å². The molecule has 3 rings (SSSR count). The van der Waals surface area contributed by atoms with Crippen LogP contribution in [0.4, 0.5) is 0 Å². The molecule has 1 aromatic heterocycles. The Morgan fingerprint density at radius 2 is 1.69 bits per heavy atom. The molecule has 0 radical (unpaired) electrons. The van der Waals surface area contributed by atoms with Crippen molar-refractivity contribution in [1.82, 2.24) is 15.1 Å². The molecule has 3 amide bonds. The molecule has 7 heteroatoms. The van der Waals surface area contributed by atoms with Gasteiger partial charge in [0.15, 0.2) is 0 Å². The molecule has 154 valence electrons. The number of hydrogen-bond acceptors (Lipinski definition) is 4. The van der Waals surface area contributed by atoms with Gasteiger partial charge in [-0.3, -0.25) is 14.4 Å². The van der Waals surface area contributed by atoms with Gasteiger partial charge in [0.1, 0.15) is 12.3 Å². The van der Waals surface area contributed by atoms with Gasteiger partial charge in [0, 0.05) is 31.7 Å². The minimum atomic E-state index is -0.612. The molecule has 1 fully saturated rings. The van der Waals surface area contributed by atoms with E-state index in [1.54, 1.807) is 28.0 Å². The molecule has 1 aliphatic heterocycles. The quantitative estimate of drug-likeness (QED) is 0.839. The number of amides is 3. The number of carbonyl (C=O) groups is 3. The van der Waals surface area contributed by atoms with Crippen molar-refractivity contribution in [2.75, 3.05) is 26.2 Å². The molecule has 2 aromatic rings. The molecule has 0 aliphatic carbocycles.